The molecule has 0 aliphatic carbocycles. The lowest BCUT2D eigenvalue weighted by molar-refractivity contribution is -0.552. The SMILES string of the molecule is O=C1C(CC2CC=CO2)Nc2c(Cc3ccccc3)nc(-c3ccccc3)c[n+]21. The van der Waals surface area contributed by atoms with E-state index in [9.17, 15) is 4.79 Å². The quantitative estimate of drug-likeness (QED) is 0.681. The molecule has 0 radical (unpaired) electrons. The van der Waals surface area contributed by atoms with Gasteiger partial charge in [-0.2, -0.15) is 4.57 Å². The van der Waals surface area contributed by atoms with E-state index in [1.165, 1.54) is 0 Å². The number of hydrogen-bond donors (Lipinski definition) is 1. The molecule has 3 heterocycles. The van der Waals surface area contributed by atoms with E-state index in [1.54, 1.807) is 10.8 Å². The number of rotatable bonds is 5. The minimum atomic E-state index is -0.303. The molecule has 2 atom stereocenters. The Morgan fingerprint density at radius 2 is 1.83 bits per heavy atom. The predicted octanol–water partition coefficient (Wildman–Crippen LogP) is 3.75. The van der Waals surface area contributed by atoms with E-state index in [2.05, 4.69) is 17.4 Å². The maximum absolute atomic E-state index is 13.2. The molecule has 0 saturated heterocycles. The highest BCUT2D eigenvalue weighted by molar-refractivity contribution is 5.82. The fourth-order valence-electron chi connectivity index (χ4n) is 3.94. The van der Waals surface area contributed by atoms with Crippen molar-refractivity contribution < 1.29 is 14.1 Å². The van der Waals surface area contributed by atoms with E-state index in [4.69, 9.17) is 9.72 Å². The summed E-state index contributed by atoms with van der Waals surface area (Å²) in [6, 6.07) is 19.9. The second-order valence-electron chi connectivity index (χ2n) is 7.46. The zero-order valence-corrected chi connectivity index (χ0v) is 16.0. The lowest BCUT2D eigenvalue weighted by atomic mass is 10.1. The Bertz CT molecular complexity index is 1060. The van der Waals surface area contributed by atoms with E-state index < -0.39 is 0 Å². The molecule has 0 fully saturated rings. The van der Waals surface area contributed by atoms with Gasteiger partial charge in [-0.15, -0.1) is 0 Å². The summed E-state index contributed by atoms with van der Waals surface area (Å²) >= 11 is 0. The number of fused-ring (bicyclic) bond motifs is 1. The zero-order valence-electron chi connectivity index (χ0n) is 16.0. The van der Waals surface area contributed by atoms with Crippen LogP contribution in [0.3, 0.4) is 0 Å². The summed E-state index contributed by atoms with van der Waals surface area (Å²) in [6.45, 7) is 0. The van der Waals surface area contributed by atoms with Crippen molar-refractivity contribution in [1.82, 2.24) is 4.98 Å². The average molecular weight is 384 g/mol. The van der Waals surface area contributed by atoms with Gasteiger partial charge in [0.05, 0.1) is 6.26 Å². The second kappa shape index (κ2) is 7.51. The number of benzene rings is 2. The Morgan fingerprint density at radius 1 is 1.07 bits per heavy atom. The summed E-state index contributed by atoms with van der Waals surface area (Å²) in [5.41, 5.74) is 3.83. The maximum atomic E-state index is 13.2. The van der Waals surface area contributed by atoms with Crippen LogP contribution >= 0.6 is 0 Å². The van der Waals surface area contributed by atoms with Crippen LogP contribution in [0.2, 0.25) is 0 Å². The van der Waals surface area contributed by atoms with Crippen molar-refractivity contribution in [2.24, 2.45) is 0 Å². The molecule has 5 rings (SSSR count). The van der Waals surface area contributed by atoms with Crippen molar-refractivity contribution in [2.75, 3.05) is 5.32 Å². The monoisotopic (exact) mass is 384 g/mol. The number of aromatic nitrogens is 2. The predicted molar refractivity (Wildman–Crippen MR) is 110 cm³/mol. The van der Waals surface area contributed by atoms with Gasteiger partial charge in [0.1, 0.15) is 23.7 Å². The van der Waals surface area contributed by atoms with Crippen LogP contribution in [0.1, 0.15) is 28.9 Å². The standard InChI is InChI=1S/C24H21N3O2/c28-24-21(15-19-12-7-13-29-19)26-23-20(14-17-8-3-1-4-9-17)25-22(16-27(23)24)18-10-5-2-6-11-18/h1-11,13,16,19,21H,12,14-15H2/p+1. The third-order valence-electron chi connectivity index (χ3n) is 5.42. The van der Waals surface area contributed by atoms with Crippen molar-refractivity contribution in [1.29, 1.82) is 0 Å². The normalized spacial score (nSPS) is 19.7. The van der Waals surface area contributed by atoms with Gasteiger partial charge in [0.25, 0.3) is 0 Å². The molecule has 29 heavy (non-hydrogen) atoms. The van der Waals surface area contributed by atoms with E-state index in [0.717, 1.165) is 34.8 Å². The van der Waals surface area contributed by atoms with Crippen LogP contribution in [0.15, 0.2) is 79.2 Å². The van der Waals surface area contributed by atoms with Gasteiger partial charge in [-0.3, -0.25) is 5.32 Å². The van der Waals surface area contributed by atoms with Gasteiger partial charge in [0.2, 0.25) is 0 Å². The molecule has 1 aromatic heterocycles. The van der Waals surface area contributed by atoms with Gasteiger partial charge in [-0.05, 0) is 11.6 Å². The molecule has 3 aromatic rings. The average Bonchev–Trinajstić information content (AvgIpc) is 3.38. The fourth-order valence-corrected chi connectivity index (χ4v) is 3.94. The van der Waals surface area contributed by atoms with Crippen molar-refractivity contribution in [3.05, 3.63) is 90.5 Å². The molecular formula is C24H22N3O2+. The molecule has 2 aromatic carbocycles. The lowest BCUT2D eigenvalue weighted by Crippen LogP contribution is -2.44. The fraction of sp³-hybridized carbons (Fsp3) is 0.208. The summed E-state index contributed by atoms with van der Waals surface area (Å²) in [6.07, 6.45) is 7.76. The number of carbonyl (C=O) groups excluding carboxylic acids is 1. The number of anilines is 1. The van der Waals surface area contributed by atoms with Crippen molar-refractivity contribution in [2.45, 2.75) is 31.4 Å². The third-order valence-corrected chi connectivity index (χ3v) is 5.42. The molecule has 0 saturated carbocycles. The number of ether oxygens (including phenoxy) is 1. The van der Waals surface area contributed by atoms with E-state index in [1.807, 2.05) is 60.8 Å². The van der Waals surface area contributed by atoms with Gasteiger partial charge in [-0.25, -0.2) is 9.78 Å². The number of hydrogen-bond acceptors (Lipinski definition) is 4. The van der Waals surface area contributed by atoms with Crippen LogP contribution in [-0.4, -0.2) is 23.0 Å². The van der Waals surface area contributed by atoms with Crippen molar-refractivity contribution in [3.63, 3.8) is 0 Å². The minimum absolute atomic E-state index is 0.0457. The smallest absolute Gasteiger partial charge is 0.359 e. The number of carbonyl (C=O) groups is 1. The van der Waals surface area contributed by atoms with Gasteiger partial charge in [-0.1, -0.05) is 60.7 Å². The molecule has 2 aliphatic rings. The topological polar surface area (TPSA) is 55.1 Å². The molecule has 1 N–H and O–H groups in total. The Hall–Kier alpha value is -3.47. The molecule has 2 unspecified atom stereocenters. The highest BCUT2D eigenvalue weighted by atomic mass is 16.5. The number of nitrogens with zero attached hydrogens (tertiary/aromatic N) is 2. The van der Waals surface area contributed by atoms with Gasteiger partial charge < -0.3 is 4.74 Å². The van der Waals surface area contributed by atoms with E-state index in [-0.39, 0.29) is 18.1 Å². The Kier molecular flexibility index (Phi) is 4.56. The van der Waals surface area contributed by atoms with E-state index in [0.29, 0.717) is 12.8 Å². The van der Waals surface area contributed by atoms with Crippen LogP contribution in [0.25, 0.3) is 11.3 Å². The summed E-state index contributed by atoms with van der Waals surface area (Å²) < 4.78 is 7.32. The summed E-state index contributed by atoms with van der Waals surface area (Å²) in [7, 11) is 0. The van der Waals surface area contributed by atoms with E-state index >= 15 is 0 Å². The minimum Gasteiger partial charge on any atom is -0.498 e. The first kappa shape index (κ1) is 17.6. The van der Waals surface area contributed by atoms with Crippen molar-refractivity contribution in [3.8, 4) is 11.3 Å². The van der Waals surface area contributed by atoms with Gasteiger partial charge in [0, 0.05) is 24.8 Å². The molecule has 0 spiro atoms. The third kappa shape index (κ3) is 3.51. The Balaban J connectivity index is 1.53. The highest BCUT2D eigenvalue weighted by Crippen LogP contribution is 2.26. The first-order valence-corrected chi connectivity index (χ1v) is 9.94. The van der Waals surface area contributed by atoms with Crippen LogP contribution in [0.5, 0.6) is 0 Å². The highest BCUT2D eigenvalue weighted by Gasteiger charge is 2.42. The summed E-state index contributed by atoms with van der Waals surface area (Å²) in [4.78, 5) is 18.1. The molecular weight excluding hydrogens is 362 g/mol. The lowest BCUT2D eigenvalue weighted by Gasteiger charge is -2.10. The van der Waals surface area contributed by atoms with Gasteiger partial charge >= 0.3 is 11.7 Å². The van der Waals surface area contributed by atoms with Gasteiger partial charge in [0.15, 0.2) is 6.04 Å². The first-order valence-electron chi connectivity index (χ1n) is 9.94. The molecule has 0 bridgehead atoms. The first-order chi connectivity index (χ1) is 14.3. The van der Waals surface area contributed by atoms with Crippen LogP contribution < -0.4 is 9.88 Å². The van der Waals surface area contributed by atoms with Crippen LogP contribution in [0, 0.1) is 0 Å². The molecule has 2 aliphatic heterocycles. The molecule has 144 valence electrons. The van der Waals surface area contributed by atoms with Crippen LogP contribution in [-0.2, 0) is 11.2 Å². The largest absolute Gasteiger partial charge is 0.498 e. The summed E-state index contributed by atoms with van der Waals surface area (Å²) in [5.74, 6) is 0.832. The molecule has 5 nitrogen and oxygen atoms in total. The second-order valence-corrected chi connectivity index (χ2v) is 7.46. The molecule has 0 amide bonds. The van der Waals surface area contributed by atoms with Crippen molar-refractivity contribution >= 4 is 11.7 Å². The van der Waals surface area contributed by atoms with Crippen LogP contribution in [0.4, 0.5) is 5.82 Å². The Morgan fingerprint density at radius 3 is 2.55 bits per heavy atom. The summed E-state index contributed by atoms with van der Waals surface area (Å²) in [5, 5.41) is 3.42. The molecule has 5 heteroatoms. The zero-order chi connectivity index (χ0) is 19.6. The number of nitrogens with one attached hydrogen (secondary N) is 1. The maximum Gasteiger partial charge on any atom is 0.359 e. The Labute approximate surface area is 169 Å².